The zero-order valence-electron chi connectivity index (χ0n) is 10.3. The van der Waals surface area contributed by atoms with Crippen molar-refractivity contribution in [1.29, 1.82) is 0 Å². The third-order valence-electron chi connectivity index (χ3n) is 2.60. The number of nitrogens with zero attached hydrogens (tertiary/aromatic N) is 2. The summed E-state index contributed by atoms with van der Waals surface area (Å²) in [5.74, 6) is -0.182. The number of hydrogen-bond donors (Lipinski definition) is 0. The standard InChI is InChI=1S/C13H10Cl2N2O3/c14-10-3-1-4-11(15)9(10)6-8-20-12-5-2-7-16-13(12)17(18)19/h1-5,7H,6,8H2. The molecular weight excluding hydrogens is 303 g/mol. The minimum absolute atomic E-state index is 0.126. The van der Waals surface area contributed by atoms with Crippen LogP contribution in [0.3, 0.4) is 0 Å². The second-order valence-corrected chi connectivity index (χ2v) is 4.70. The normalized spacial score (nSPS) is 10.3. The van der Waals surface area contributed by atoms with Crippen molar-refractivity contribution >= 4 is 29.0 Å². The Kier molecular flexibility index (Phi) is 4.76. The molecule has 2 rings (SSSR count). The van der Waals surface area contributed by atoms with Gasteiger partial charge >= 0.3 is 5.82 Å². The maximum Gasteiger partial charge on any atom is 0.406 e. The van der Waals surface area contributed by atoms with E-state index in [9.17, 15) is 10.1 Å². The Bertz CT molecular complexity index is 615. The first kappa shape index (κ1) is 14.6. The molecule has 7 heteroatoms. The molecule has 1 aromatic heterocycles. The maximum absolute atomic E-state index is 10.8. The van der Waals surface area contributed by atoms with Crippen LogP contribution in [-0.2, 0) is 6.42 Å². The van der Waals surface area contributed by atoms with Gasteiger partial charge in [-0.15, -0.1) is 0 Å². The lowest BCUT2D eigenvalue weighted by molar-refractivity contribution is -0.390. The summed E-state index contributed by atoms with van der Waals surface area (Å²) in [4.78, 5) is 13.9. The van der Waals surface area contributed by atoms with Crippen molar-refractivity contribution in [3.63, 3.8) is 0 Å². The summed E-state index contributed by atoms with van der Waals surface area (Å²) in [6, 6.07) is 8.29. The van der Waals surface area contributed by atoms with Crippen LogP contribution in [0.2, 0.25) is 10.0 Å². The largest absolute Gasteiger partial charge is 0.485 e. The molecule has 0 atom stereocenters. The highest BCUT2D eigenvalue weighted by molar-refractivity contribution is 6.35. The maximum atomic E-state index is 10.8. The minimum Gasteiger partial charge on any atom is -0.485 e. The van der Waals surface area contributed by atoms with Crippen LogP contribution in [-0.4, -0.2) is 16.5 Å². The van der Waals surface area contributed by atoms with Crippen LogP contribution in [0.15, 0.2) is 36.5 Å². The predicted molar refractivity (Wildman–Crippen MR) is 76.6 cm³/mol. The molecule has 0 saturated heterocycles. The van der Waals surface area contributed by atoms with Crippen LogP contribution >= 0.6 is 23.2 Å². The molecule has 0 saturated carbocycles. The Morgan fingerprint density at radius 2 is 1.90 bits per heavy atom. The molecule has 1 aromatic carbocycles. The second kappa shape index (κ2) is 6.54. The molecule has 0 spiro atoms. The van der Waals surface area contributed by atoms with Gasteiger partial charge < -0.3 is 14.9 Å². The van der Waals surface area contributed by atoms with Crippen LogP contribution in [0.25, 0.3) is 0 Å². The van der Waals surface area contributed by atoms with E-state index < -0.39 is 4.92 Å². The quantitative estimate of drug-likeness (QED) is 0.620. The average molecular weight is 313 g/mol. The molecule has 5 nitrogen and oxygen atoms in total. The monoisotopic (exact) mass is 312 g/mol. The number of pyridine rings is 1. The topological polar surface area (TPSA) is 65.3 Å². The van der Waals surface area contributed by atoms with Crippen LogP contribution in [0.1, 0.15) is 5.56 Å². The molecule has 0 N–H and O–H groups in total. The van der Waals surface area contributed by atoms with Gasteiger partial charge in [-0.25, -0.2) is 0 Å². The summed E-state index contributed by atoms with van der Waals surface area (Å²) in [6.45, 7) is 0.218. The zero-order valence-corrected chi connectivity index (χ0v) is 11.8. The fraction of sp³-hybridized carbons (Fsp3) is 0.154. The molecule has 0 radical (unpaired) electrons. The van der Waals surface area contributed by atoms with E-state index in [1.165, 1.54) is 12.3 Å². The third-order valence-corrected chi connectivity index (χ3v) is 3.30. The van der Waals surface area contributed by atoms with E-state index in [2.05, 4.69) is 4.98 Å². The molecule has 0 aliphatic heterocycles. The SMILES string of the molecule is O=[N+]([O-])c1ncccc1OCCc1c(Cl)cccc1Cl. The van der Waals surface area contributed by atoms with Gasteiger partial charge in [-0.05, 0) is 39.7 Å². The van der Waals surface area contributed by atoms with Crippen molar-refractivity contribution in [2.45, 2.75) is 6.42 Å². The molecule has 104 valence electrons. The molecule has 0 aliphatic rings. The number of nitro groups is 1. The van der Waals surface area contributed by atoms with Gasteiger partial charge in [0.05, 0.1) is 6.61 Å². The Hall–Kier alpha value is -1.85. The molecule has 0 aliphatic carbocycles. The molecule has 0 fully saturated rings. The number of benzene rings is 1. The fourth-order valence-corrected chi connectivity index (χ4v) is 2.25. The van der Waals surface area contributed by atoms with Crippen molar-refractivity contribution in [3.05, 3.63) is 62.3 Å². The first-order chi connectivity index (χ1) is 9.59. The van der Waals surface area contributed by atoms with Gasteiger partial charge in [-0.1, -0.05) is 29.3 Å². The summed E-state index contributed by atoms with van der Waals surface area (Å²) in [5, 5.41) is 11.9. The molecule has 0 unspecified atom stereocenters. The Morgan fingerprint density at radius 1 is 1.20 bits per heavy atom. The molecule has 1 heterocycles. The zero-order chi connectivity index (χ0) is 14.5. The highest BCUT2D eigenvalue weighted by Gasteiger charge is 2.15. The lowest BCUT2D eigenvalue weighted by atomic mass is 10.1. The lowest BCUT2D eigenvalue weighted by Gasteiger charge is -2.08. The van der Waals surface area contributed by atoms with E-state index in [1.807, 2.05) is 0 Å². The Morgan fingerprint density at radius 3 is 2.55 bits per heavy atom. The van der Waals surface area contributed by atoms with Crippen LogP contribution in [0.5, 0.6) is 5.75 Å². The Labute approximate surface area is 125 Å². The first-order valence-electron chi connectivity index (χ1n) is 5.74. The van der Waals surface area contributed by atoms with E-state index in [-0.39, 0.29) is 18.2 Å². The van der Waals surface area contributed by atoms with Gasteiger partial charge in [-0.2, -0.15) is 0 Å². The number of rotatable bonds is 5. The number of hydrogen-bond acceptors (Lipinski definition) is 4. The molecule has 0 bridgehead atoms. The average Bonchev–Trinajstić information content (AvgIpc) is 2.42. The van der Waals surface area contributed by atoms with E-state index in [0.717, 1.165) is 5.56 Å². The van der Waals surface area contributed by atoms with Gasteiger partial charge in [0.25, 0.3) is 0 Å². The van der Waals surface area contributed by atoms with Crippen LogP contribution < -0.4 is 4.74 Å². The summed E-state index contributed by atoms with van der Waals surface area (Å²) in [6.07, 6.45) is 1.79. The van der Waals surface area contributed by atoms with E-state index in [4.69, 9.17) is 27.9 Å². The summed E-state index contributed by atoms with van der Waals surface area (Å²) < 4.78 is 5.39. The summed E-state index contributed by atoms with van der Waals surface area (Å²) in [7, 11) is 0. The lowest BCUT2D eigenvalue weighted by Crippen LogP contribution is -2.05. The number of halogens is 2. The molecule has 0 amide bonds. The van der Waals surface area contributed by atoms with Crippen molar-refractivity contribution in [1.82, 2.24) is 4.98 Å². The van der Waals surface area contributed by atoms with Gasteiger partial charge in [0, 0.05) is 16.5 Å². The van der Waals surface area contributed by atoms with Gasteiger partial charge in [0.2, 0.25) is 5.75 Å². The highest BCUT2D eigenvalue weighted by atomic mass is 35.5. The van der Waals surface area contributed by atoms with Crippen LogP contribution in [0.4, 0.5) is 5.82 Å². The van der Waals surface area contributed by atoms with Gasteiger partial charge in [-0.3, -0.25) is 0 Å². The number of ether oxygens (including phenoxy) is 1. The van der Waals surface area contributed by atoms with Crippen molar-refractivity contribution < 1.29 is 9.66 Å². The molecule has 20 heavy (non-hydrogen) atoms. The smallest absolute Gasteiger partial charge is 0.406 e. The fourth-order valence-electron chi connectivity index (χ4n) is 1.67. The van der Waals surface area contributed by atoms with Crippen molar-refractivity contribution in [2.24, 2.45) is 0 Å². The highest BCUT2D eigenvalue weighted by Crippen LogP contribution is 2.26. The summed E-state index contributed by atoms with van der Waals surface area (Å²) in [5.41, 5.74) is 0.752. The van der Waals surface area contributed by atoms with Gasteiger partial charge in [0.15, 0.2) is 0 Å². The second-order valence-electron chi connectivity index (χ2n) is 3.88. The minimum atomic E-state index is -0.586. The predicted octanol–water partition coefficient (Wildman–Crippen LogP) is 3.92. The van der Waals surface area contributed by atoms with Gasteiger partial charge in [0.1, 0.15) is 6.20 Å². The van der Waals surface area contributed by atoms with Crippen LogP contribution in [0, 0.1) is 10.1 Å². The Balaban J connectivity index is 2.05. The van der Waals surface area contributed by atoms with Crippen molar-refractivity contribution in [3.8, 4) is 5.75 Å². The van der Waals surface area contributed by atoms with E-state index >= 15 is 0 Å². The third kappa shape index (κ3) is 3.37. The van der Waals surface area contributed by atoms with Crippen molar-refractivity contribution in [2.75, 3.05) is 6.61 Å². The summed E-state index contributed by atoms with van der Waals surface area (Å²) >= 11 is 12.1. The molecule has 2 aromatic rings. The van der Waals surface area contributed by atoms with E-state index in [0.29, 0.717) is 16.5 Å². The molecular formula is C13H10Cl2N2O3. The first-order valence-corrected chi connectivity index (χ1v) is 6.50. The van der Waals surface area contributed by atoms with E-state index in [1.54, 1.807) is 24.3 Å². The number of aromatic nitrogens is 1.